The van der Waals surface area contributed by atoms with E-state index in [1.54, 1.807) is 0 Å². The number of hydrogen-bond acceptors (Lipinski definition) is 1. The van der Waals surface area contributed by atoms with E-state index < -0.39 is 0 Å². The highest BCUT2D eigenvalue weighted by molar-refractivity contribution is 5.87. The summed E-state index contributed by atoms with van der Waals surface area (Å²) in [5, 5.41) is 2.62. The molecular formula is C40H31N. The van der Waals surface area contributed by atoms with Gasteiger partial charge in [0.15, 0.2) is 0 Å². The molecule has 0 N–H and O–H groups in total. The van der Waals surface area contributed by atoms with Crippen LogP contribution < -0.4 is 4.90 Å². The summed E-state index contributed by atoms with van der Waals surface area (Å²) >= 11 is 0. The molecule has 7 rings (SSSR count). The molecule has 0 heterocycles. The van der Waals surface area contributed by atoms with Crippen LogP contribution in [0.5, 0.6) is 0 Å². The molecule has 0 aromatic heterocycles. The fourth-order valence-corrected chi connectivity index (χ4v) is 5.96. The third kappa shape index (κ3) is 5.11. The molecule has 6 aromatic carbocycles. The maximum absolute atomic E-state index is 2.45. The second kappa shape index (κ2) is 11.2. The van der Waals surface area contributed by atoms with Gasteiger partial charge in [0.2, 0.25) is 0 Å². The van der Waals surface area contributed by atoms with E-state index in [1.165, 1.54) is 44.3 Å². The maximum atomic E-state index is 2.45. The molecule has 0 saturated carbocycles. The van der Waals surface area contributed by atoms with E-state index in [0.717, 1.165) is 17.8 Å². The normalized spacial score (nSPS) is 14.5. The third-order valence-electron chi connectivity index (χ3n) is 7.95. The molecule has 1 nitrogen and oxygen atoms in total. The van der Waals surface area contributed by atoms with E-state index in [-0.39, 0.29) is 0 Å². The lowest BCUT2D eigenvalue weighted by Crippen LogP contribution is -2.18. The molecule has 1 aliphatic rings. The van der Waals surface area contributed by atoms with E-state index in [0.29, 0.717) is 5.92 Å². The van der Waals surface area contributed by atoms with Gasteiger partial charge >= 0.3 is 0 Å². The van der Waals surface area contributed by atoms with Gasteiger partial charge < -0.3 is 4.90 Å². The predicted molar refractivity (Wildman–Crippen MR) is 174 cm³/mol. The highest BCUT2D eigenvalue weighted by Crippen LogP contribution is 2.39. The minimum absolute atomic E-state index is 0.290. The van der Waals surface area contributed by atoms with Crippen LogP contribution in [-0.2, 0) is 0 Å². The van der Waals surface area contributed by atoms with Crippen LogP contribution in [0.15, 0.2) is 176 Å². The molecule has 0 saturated heterocycles. The number of rotatable bonds is 6. The van der Waals surface area contributed by atoms with Crippen LogP contribution in [0.25, 0.3) is 33.0 Å². The number of hydrogen-bond donors (Lipinski definition) is 0. The van der Waals surface area contributed by atoms with Crippen molar-refractivity contribution in [3.63, 3.8) is 0 Å². The summed E-state index contributed by atoms with van der Waals surface area (Å²) in [6, 6.07) is 54.4. The number of fused-ring (bicyclic) bond motifs is 1. The molecule has 1 heteroatoms. The summed E-state index contributed by atoms with van der Waals surface area (Å²) in [6.07, 6.45) is 8.05. The lowest BCUT2D eigenvalue weighted by Gasteiger charge is -2.30. The number of anilines is 2. The van der Waals surface area contributed by atoms with Gasteiger partial charge in [0.25, 0.3) is 0 Å². The molecule has 0 fully saturated rings. The average Bonchev–Trinajstić information content (AvgIpc) is 3.06. The van der Waals surface area contributed by atoms with E-state index in [2.05, 4.69) is 175 Å². The van der Waals surface area contributed by atoms with Crippen LogP contribution in [0, 0.1) is 0 Å². The van der Waals surface area contributed by atoms with Crippen molar-refractivity contribution in [2.24, 2.45) is 0 Å². The van der Waals surface area contributed by atoms with Gasteiger partial charge in [-0.25, -0.2) is 0 Å². The third-order valence-corrected chi connectivity index (χ3v) is 7.95. The van der Waals surface area contributed by atoms with E-state index in [9.17, 15) is 0 Å². The van der Waals surface area contributed by atoms with Crippen molar-refractivity contribution in [3.05, 3.63) is 181 Å². The van der Waals surface area contributed by atoms with Crippen molar-refractivity contribution >= 4 is 22.1 Å². The molecule has 1 atom stereocenters. The summed E-state index contributed by atoms with van der Waals surface area (Å²) in [5.41, 5.74) is 9.70. The van der Waals surface area contributed by atoms with Crippen molar-refractivity contribution in [2.45, 2.75) is 12.3 Å². The Kier molecular flexibility index (Phi) is 6.77. The minimum atomic E-state index is 0.290. The first-order valence-corrected chi connectivity index (χ1v) is 14.3. The Morgan fingerprint density at radius 2 is 1.02 bits per heavy atom. The lowest BCUT2D eigenvalue weighted by atomic mass is 9.87. The molecule has 0 radical (unpaired) electrons. The Labute approximate surface area is 242 Å². The number of benzene rings is 6. The molecule has 41 heavy (non-hydrogen) atoms. The zero-order valence-electron chi connectivity index (χ0n) is 22.9. The summed E-state index contributed by atoms with van der Waals surface area (Å²) in [7, 11) is 0. The lowest BCUT2D eigenvalue weighted by molar-refractivity contribution is 0.845. The van der Waals surface area contributed by atoms with Crippen LogP contribution in [-0.4, -0.2) is 0 Å². The summed E-state index contributed by atoms with van der Waals surface area (Å²) in [5.74, 6) is 0.290. The van der Waals surface area contributed by atoms with Crippen molar-refractivity contribution in [1.82, 2.24) is 0 Å². The van der Waals surface area contributed by atoms with E-state index in [4.69, 9.17) is 0 Å². The van der Waals surface area contributed by atoms with Crippen LogP contribution in [0.4, 0.5) is 11.4 Å². The van der Waals surface area contributed by atoms with Crippen LogP contribution >= 0.6 is 0 Å². The maximum Gasteiger partial charge on any atom is 0.0467 e. The van der Waals surface area contributed by atoms with Gasteiger partial charge in [0.1, 0.15) is 0 Å². The SMILES string of the molecule is C1=CC(N(c2cccc(-c3ccccc3)c2)c2cccc(-c3ccccc3)c2)=CC(c2cccc3ccccc23)C1. The first kappa shape index (κ1) is 24.9. The second-order valence-corrected chi connectivity index (χ2v) is 10.6. The molecule has 6 aromatic rings. The zero-order valence-corrected chi connectivity index (χ0v) is 22.9. The molecule has 0 aliphatic heterocycles. The first-order chi connectivity index (χ1) is 20.3. The summed E-state index contributed by atoms with van der Waals surface area (Å²) < 4.78 is 0. The smallest absolute Gasteiger partial charge is 0.0467 e. The van der Waals surface area contributed by atoms with Gasteiger partial charge in [-0.2, -0.15) is 0 Å². The molecular weight excluding hydrogens is 494 g/mol. The molecule has 0 spiro atoms. The van der Waals surface area contributed by atoms with Gasteiger partial charge in [-0.1, -0.05) is 140 Å². The molecule has 1 unspecified atom stereocenters. The Balaban J connectivity index is 1.37. The quantitative estimate of drug-likeness (QED) is 0.209. The Hall–Kier alpha value is -5.14. The van der Waals surface area contributed by atoms with Gasteiger partial charge in [0.05, 0.1) is 0 Å². The van der Waals surface area contributed by atoms with Crippen LogP contribution in [0.1, 0.15) is 17.9 Å². The zero-order chi connectivity index (χ0) is 27.4. The second-order valence-electron chi connectivity index (χ2n) is 10.6. The fraction of sp³-hybridized carbons (Fsp3) is 0.0500. The summed E-state index contributed by atoms with van der Waals surface area (Å²) in [6.45, 7) is 0. The van der Waals surface area contributed by atoms with Crippen molar-refractivity contribution in [1.29, 1.82) is 0 Å². The van der Waals surface area contributed by atoms with Crippen LogP contribution in [0.2, 0.25) is 0 Å². The highest BCUT2D eigenvalue weighted by Gasteiger charge is 2.21. The standard InChI is InChI=1S/C40H31N/c1-3-13-30(14-4-1)33-19-9-22-36(27-33)41(37-23-10-20-34(28-37)31-15-5-2-6-16-31)38-24-11-21-35(29-38)40-26-12-18-32-17-7-8-25-39(32)40/h1-20,22-29,35H,21H2. The Morgan fingerprint density at radius 1 is 0.488 bits per heavy atom. The van der Waals surface area contributed by atoms with Gasteiger partial charge in [-0.05, 0) is 75.4 Å². The first-order valence-electron chi connectivity index (χ1n) is 14.3. The Morgan fingerprint density at radius 3 is 1.68 bits per heavy atom. The van der Waals surface area contributed by atoms with Crippen molar-refractivity contribution in [2.75, 3.05) is 4.90 Å². The van der Waals surface area contributed by atoms with Gasteiger partial charge in [0, 0.05) is 23.0 Å². The van der Waals surface area contributed by atoms with Gasteiger partial charge in [-0.15, -0.1) is 0 Å². The predicted octanol–water partition coefficient (Wildman–Crippen LogP) is 10.9. The molecule has 0 amide bonds. The van der Waals surface area contributed by atoms with E-state index in [1.807, 2.05) is 0 Å². The van der Waals surface area contributed by atoms with Gasteiger partial charge in [-0.3, -0.25) is 0 Å². The monoisotopic (exact) mass is 525 g/mol. The highest BCUT2D eigenvalue weighted by atomic mass is 15.1. The number of allylic oxidation sites excluding steroid dienone is 3. The Bertz CT molecular complexity index is 1780. The summed E-state index contributed by atoms with van der Waals surface area (Å²) in [4.78, 5) is 2.41. The van der Waals surface area contributed by atoms with Crippen molar-refractivity contribution in [3.8, 4) is 22.3 Å². The van der Waals surface area contributed by atoms with Crippen LogP contribution in [0.3, 0.4) is 0 Å². The minimum Gasteiger partial charge on any atom is -0.311 e. The average molecular weight is 526 g/mol. The van der Waals surface area contributed by atoms with E-state index >= 15 is 0 Å². The topological polar surface area (TPSA) is 3.24 Å². The van der Waals surface area contributed by atoms with Crippen molar-refractivity contribution < 1.29 is 0 Å². The fourth-order valence-electron chi connectivity index (χ4n) is 5.96. The molecule has 196 valence electrons. The molecule has 0 bridgehead atoms. The molecule has 1 aliphatic carbocycles. The largest absolute Gasteiger partial charge is 0.311 e. The number of nitrogens with zero attached hydrogens (tertiary/aromatic N) is 1.